The second kappa shape index (κ2) is 3.35. The number of nitrogens with zero attached hydrogens (tertiary/aromatic N) is 1. The van der Waals surface area contributed by atoms with E-state index in [0.29, 0.717) is 6.04 Å². The Balaban J connectivity index is 1.92. The van der Waals surface area contributed by atoms with Gasteiger partial charge in [0.15, 0.2) is 0 Å². The molecule has 12 heavy (non-hydrogen) atoms. The van der Waals surface area contributed by atoms with Crippen LogP contribution in [0.2, 0.25) is 0 Å². The van der Waals surface area contributed by atoms with Gasteiger partial charge >= 0.3 is 0 Å². The summed E-state index contributed by atoms with van der Waals surface area (Å²) in [6.07, 6.45) is 5.52. The molecule has 2 heteroatoms. The molecule has 2 rings (SSSR count). The normalized spacial score (nSPS) is 39.5. The SMILES string of the molecule is CC(N)C1CCN2CCCC2C1. The van der Waals surface area contributed by atoms with Gasteiger partial charge in [0.05, 0.1) is 0 Å². The molecular formula is C10H20N2. The smallest absolute Gasteiger partial charge is 0.00989 e. The maximum absolute atomic E-state index is 5.93. The van der Waals surface area contributed by atoms with E-state index in [0.717, 1.165) is 12.0 Å². The van der Waals surface area contributed by atoms with E-state index in [4.69, 9.17) is 5.73 Å². The van der Waals surface area contributed by atoms with E-state index in [-0.39, 0.29) is 0 Å². The third-order valence-electron chi connectivity index (χ3n) is 3.60. The molecule has 2 aliphatic heterocycles. The summed E-state index contributed by atoms with van der Waals surface area (Å²) < 4.78 is 0. The van der Waals surface area contributed by atoms with Crippen LogP contribution in [-0.4, -0.2) is 30.1 Å². The zero-order valence-corrected chi connectivity index (χ0v) is 8.00. The molecule has 2 nitrogen and oxygen atoms in total. The average molecular weight is 168 g/mol. The molecule has 2 fully saturated rings. The third-order valence-corrected chi connectivity index (χ3v) is 3.60. The monoisotopic (exact) mass is 168 g/mol. The number of hydrogen-bond acceptors (Lipinski definition) is 2. The Hall–Kier alpha value is -0.0800. The molecule has 0 aromatic carbocycles. The fraction of sp³-hybridized carbons (Fsp3) is 1.00. The number of nitrogens with two attached hydrogens (primary N) is 1. The first-order valence-electron chi connectivity index (χ1n) is 5.27. The Kier molecular flexibility index (Phi) is 2.37. The van der Waals surface area contributed by atoms with Crippen LogP contribution in [0.4, 0.5) is 0 Å². The predicted octanol–water partition coefficient (Wildman–Crippen LogP) is 1.21. The Morgan fingerprint density at radius 2 is 2.17 bits per heavy atom. The first-order valence-corrected chi connectivity index (χ1v) is 5.27. The summed E-state index contributed by atoms with van der Waals surface area (Å²) in [6, 6.07) is 1.29. The number of piperidine rings is 1. The van der Waals surface area contributed by atoms with Crippen molar-refractivity contribution < 1.29 is 0 Å². The fourth-order valence-corrected chi connectivity index (χ4v) is 2.73. The van der Waals surface area contributed by atoms with Crippen molar-refractivity contribution in [3.63, 3.8) is 0 Å². The Morgan fingerprint density at radius 1 is 1.33 bits per heavy atom. The van der Waals surface area contributed by atoms with E-state index in [1.54, 1.807) is 0 Å². The van der Waals surface area contributed by atoms with Gasteiger partial charge in [0.25, 0.3) is 0 Å². The van der Waals surface area contributed by atoms with Crippen molar-refractivity contribution in [2.45, 2.75) is 44.7 Å². The van der Waals surface area contributed by atoms with Crippen molar-refractivity contribution in [3.8, 4) is 0 Å². The summed E-state index contributed by atoms with van der Waals surface area (Å²) in [5.74, 6) is 0.796. The molecule has 0 saturated carbocycles. The predicted molar refractivity (Wildman–Crippen MR) is 51.0 cm³/mol. The average Bonchev–Trinajstić information content (AvgIpc) is 2.49. The van der Waals surface area contributed by atoms with Crippen LogP contribution in [0, 0.1) is 5.92 Å². The van der Waals surface area contributed by atoms with E-state index in [2.05, 4.69) is 11.8 Å². The van der Waals surface area contributed by atoms with Crippen LogP contribution < -0.4 is 5.73 Å². The Morgan fingerprint density at radius 3 is 2.92 bits per heavy atom. The molecule has 0 aromatic rings. The molecule has 0 spiro atoms. The zero-order valence-electron chi connectivity index (χ0n) is 8.00. The number of rotatable bonds is 1. The van der Waals surface area contributed by atoms with Crippen molar-refractivity contribution in [2.75, 3.05) is 13.1 Å². The molecule has 0 aromatic heterocycles. The van der Waals surface area contributed by atoms with Gasteiger partial charge in [-0.3, -0.25) is 0 Å². The molecule has 2 N–H and O–H groups in total. The molecule has 0 aliphatic carbocycles. The lowest BCUT2D eigenvalue weighted by Crippen LogP contribution is -2.42. The van der Waals surface area contributed by atoms with Gasteiger partial charge in [-0.05, 0) is 51.6 Å². The zero-order chi connectivity index (χ0) is 8.55. The summed E-state index contributed by atoms with van der Waals surface area (Å²) in [7, 11) is 0. The molecule has 70 valence electrons. The number of hydrogen-bond donors (Lipinski definition) is 1. The minimum Gasteiger partial charge on any atom is -0.328 e. The lowest BCUT2D eigenvalue weighted by atomic mass is 9.86. The van der Waals surface area contributed by atoms with Gasteiger partial charge in [0, 0.05) is 12.1 Å². The summed E-state index contributed by atoms with van der Waals surface area (Å²) in [6.45, 7) is 4.81. The molecule has 3 atom stereocenters. The highest BCUT2D eigenvalue weighted by Crippen LogP contribution is 2.31. The summed E-state index contributed by atoms with van der Waals surface area (Å²) in [5, 5.41) is 0. The second-order valence-corrected chi connectivity index (χ2v) is 4.48. The van der Waals surface area contributed by atoms with Crippen molar-refractivity contribution in [3.05, 3.63) is 0 Å². The molecule has 0 amide bonds. The molecule has 3 unspecified atom stereocenters. The summed E-state index contributed by atoms with van der Waals surface area (Å²) in [5.41, 5.74) is 5.93. The van der Waals surface area contributed by atoms with Gasteiger partial charge in [-0.2, -0.15) is 0 Å². The maximum Gasteiger partial charge on any atom is 0.00989 e. The summed E-state index contributed by atoms with van der Waals surface area (Å²) in [4.78, 5) is 2.65. The number of fused-ring (bicyclic) bond motifs is 1. The topological polar surface area (TPSA) is 29.3 Å². The van der Waals surface area contributed by atoms with Crippen molar-refractivity contribution in [2.24, 2.45) is 11.7 Å². The van der Waals surface area contributed by atoms with Crippen LogP contribution in [0.15, 0.2) is 0 Å². The van der Waals surface area contributed by atoms with Gasteiger partial charge < -0.3 is 10.6 Å². The van der Waals surface area contributed by atoms with Gasteiger partial charge in [-0.15, -0.1) is 0 Å². The van der Waals surface area contributed by atoms with Crippen molar-refractivity contribution in [1.82, 2.24) is 4.90 Å². The van der Waals surface area contributed by atoms with Crippen molar-refractivity contribution >= 4 is 0 Å². The lowest BCUT2D eigenvalue weighted by Gasteiger charge is -2.36. The molecule has 2 heterocycles. The summed E-state index contributed by atoms with van der Waals surface area (Å²) >= 11 is 0. The molecule has 0 radical (unpaired) electrons. The van der Waals surface area contributed by atoms with E-state index in [1.807, 2.05) is 0 Å². The fourth-order valence-electron chi connectivity index (χ4n) is 2.73. The van der Waals surface area contributed by atoms with E-state index < -0.39 is 0 Å². The molecule has 2 saturated heterocycles. The van der Waals surface area contributed by atoms with Crippen LogP contribution in [0.5, 0.6) is 0 Å². The van der Waals surface area contributed by atoms with Crippen LogP contribution in [0.25, 0.3) is 0 Å². The van der Waals surface area contributed by atoms with E-state index in [1.165, 1.54) is 38.8 Å². The highest BCUT2D eigenvalue weighted by atomic mass is 15.2. The third kappa shape index (κ3) is 1.50. The molecule has 2 aliphatic rings. The van der Waals surface area contributed by atoms with E-state index >= 15 is 0 Å². The quantitative estimate of drug-likeness (QED) is 0.637. The van der Waals surface area contributed by atoms with Gasteiger partial charge in [0.2, 0.25) is 0 Å². The maximum atomic E-state index is 5.93. The van der Waals surface area contributed by atoms with Gasteiger partial charge in [-0.1, -0.05) is 0 Å². The first-order chi connectivity index (χ1) is 5.77. The van der Waals surface area contributed by atoms with Crippen LogP contribution in [0.1, 0.15) is 32.6 Å². The van der Waals surface area contributed by atoms with E-state index in [9.17, 15) is 0 Å². The van der Waals surface area contributed by atoms with Gasteiger partial charge in [0.1, 0.15) is 0 Å². The Labute approximate surface area is 75.1 Å². The molecular weight excluding hydrogens is 148 g/mol. The van der Waals surface area contributed by atoms with Crippen LogP contribution >= 0.6 is 0 Å². The standard InChI is InChI=1S/C10H20N2/c1-8(11)9-4-6-12-5-2-3-10(12)7-9/h8-10H,2-7,11H2,1H3. The van der Waals surface area contributed by atoms with Gasteiger partial charge in [-0.25, -0.2) is 0 Å². The molecule has 0 bridgehead atoms. The van der Waals surface area contributed by atoms with Crippen molar-refractivity contribution in [1.29, 1.82) is 0 Å². The first kappa shape index (κ1) is 8.52. The minimum absolute atomic E-state index is 0.410. The highest BCUT2D eigenvalue weighted by molar-refractivity contribution is 4.88. The lowest BCUT2D eigenvalue weighted by molar-refractivity contribution is 0.141. The second-order valence-electron chi connectivity index (χ2n) is 4.48. The largest absolute Gasteiger partial charge is 0.328 e. The Bertz CT molecular complexity index is 156. The van der Waals surface area contributed by atoms with Crippen LogP contribution in [-0.2, 0) is 0 Å². The minimum atomic E-state index is 0.410. The highest BCUT2D eigenvalue weighted by Gasteiger charge is 2.32. The van der Waals surface area contributed by atoms with Crippen LogP contribution in [0.3, 0.4) is 0 Å².